The van der Waals surface area contributed by atoms with Crippen LogP contribution < -0.4 is 10.3 Å². The fourth-order valence-corrected chi connectivity index (χ4v) is 3.72. The first kappa shape index (κ1) is 20.4. The third-order valence-corrected chi connectivity index (χ3v) is 5.33. The number of aromatic nitrogens is 2. The van der Waals surface area contributed by atoms with Crippen molar-refractivity contribution in [2.75, 3.05) is 7.11 Å². The number of rotatable bonds is 5. The minimum Gasteiger partial charge on any atom is -0.493 e. The molecule has 6 nitrogen and oxygen atoms in total. The minimum absolute atomic E-state index is 0.0477. The van der Waals surface area contributed by atoms with E-state index in [2.05, 4.69) is 4.98 Å². The Balaban J connectivity index is 1.88. The van der Waals surface area contributed by atoms with Crippen LogP contribution in [-0.2, 0) is 0 Å². The van der Waals surface area contributed by atoms with Crippen molar-refractivity contribution < 1.29 is 18.7 Å². The molecule has 0 fully saturated rings. The Labute approximate surface area is 180 Å². The Bertz CT molecular complexity index is 1420. The van der Waals surface area contributed by atoms with Crippen LogP contribution >= 0.6 is 11.6 Å². The molecule has 0 N–H and O–H groups in total. The van der Waals surface area contributed by atoms with Crippen molar-refractivity contribution in [1.29, 1.82) is 0 Å². The van der Waals surface area contributed by atoms with Crippen LogP contribution in [0.4, 0.5) is 4.39 Å². The van der Waals surface area contributed by atoms with E-state index in [1.54, 1.807) is 30.3 Å². The Hall–Kier alpha value is -3.84. The van der Waals surface area contributed by atoms with E-state index in [0.717, 1.165) is 0 Å². The number of methoxy groups -OCH3 is 1. The lowest BCUT2D eigenvalue weighted by atomic mass is 9.97. The van der Waals surface area contributed by atoms with Gasteiger partial charge in [-0.2, -0.15) is 0 Å². The zero-order valence-electron chi connectivity index (χ0n) is 16.1. The molecule has 0 aliphatic heterocycles. The monoisotopic (exact) mass is 436 g/mol. The van der Waals surface area contributed by atoms with Crippen LogP contribution in [0.2, 0.25) is 5.02 Å². The van der Waals surface area contributed by atoms with Crippen LogP contribution in [-0.4, -0.2) is 29.1 Å². The molecule has 31 heavy (non-hydrogen) atoms. The minimum atomic E-state index is -0.695. The SMILES string of the molecule is COc1c(C=O)ccc(-c2cccc(-c3ccn4c(=O)c(C=O)cnc4c3)c2Cl)c1F. The van der Waals surface area contributed by atoms with Gasteiger partial charge in [0.2, 0.25) is 0 Å². The van der Waals surface area contributed by atoms with Crippen molar-refractivity contribution in [3.8, 4) is 28.0 Å². The molecule has 2 aromatic carbocycles. The van der Waals surface area contributed by atoms with Crippen molar-refractivity contribution in [3.63, 3.8) is 0 Å². The van der Waals surface area contributed by atoms with Gasteiger partial charge in [0, 0.05) is 29.1 Å². The first-order valence-electron chi connectivity index (χ1n) is 9.07. The number of carbonyl (C=O) groups is 2. The van der Waals surface area contributed by atoms with E-state index in [1.165, 1.54) is 36.0 Å². The average molecular weight is 437 g/mol. The Morgan fingerprint density at radius 2 is 1.77 bits per heavy atom. The molecule has 2 aromatic heterocycles. The fraction of sp³-hybridized carbons (Fsp3) is 0.0435. The van der Waals surface area contributed by atoms with E-state index in [4.69, 9.17) is 16.3 Å². The van der Waals surface area contributed by atoms with Crippen LogP contribution in [0.25, 0.3) is 27.9 Å². The molecule has 0 spiro atoms. The van der Waals surface area contributed by atoms with Crippen molar-refractivity contribution in [2.45, 2.75) is 0 Å². The molecule has 8 heteroatoms. The summed E-state index contributed by atoms with van der Waals surface area (Å²) in [5, 5.41) is 0.276. The van der Waals surface area contributed by atoms with Gasteiger partial charge in [-0.1, -0.05) is 35.9 Å². The molecule has 0 unspecified atom stereocenters. The highest BCUT2D eigenvalue weighted by Gasteiger charge is 2.19. The van der Waals surface area contributed by atoms with Gasteiger partial charge in [0.1, 0.15) is 5.65 Å². The van der Waals surface area contributed by atoms with Crippen LogP contribution in [0.1, 0.15) is 20.7 Å². The number of halogens is 2. The number of aldehydes is 2. The van der Waals surface area contributed by atoms with Gasteiger partial charge in [-0.3, -0.25) is 18.8 Å². The first-order valence-corrected chi connectivity index (χ1v) is 9.45. The van der Waals surface area contributed by atoms with Gasteiger partial charge in [-0.15, -0.1) is 0 Å². The highest BCUT2D eigenvalue weighted by molar-refractivity contribution is 6.36. The summed E-state index contributed by atoms with van der Waals surface area (Å²) in [7, 11) is 1.28. The lowest BCUT2D eigenvalue weighted by molar-refractivity contribution is 0.111. The van der Waals surface area contributed by atoms with E-state index in [-0.39, 0.29) is 27.5 Å². The van der Waals surface area contributed by atoms with Crippen molar-refractivity contribution >= 4 is 29.8 Å². The maximum atomic E-state index is 15.0. The number of pyridine rings is 1. The summed E-state index contributed by atoms with van der Waals surface area (Å²) in [5.41, 5.74) is 1.73. The molecular formula is C23H14ClFN2O4. The lowest BCUT2D eigenvalue weighted by Gasteiger charge is -2.14. The van der Waals surface area contributed by atoms with E-state index in [1.807, 2.05) is 0 Å². The number of fused-ring (bicyclic) bond motifs is 1. The number of ether oxygens (including phenoxy) is 1. The largest absolute Gasteiger partial charge is 0.493 e. The molecule has 2 heterocycles. The van der Waals surface area contributed by atoms with Gasteiger partial charge in [-0.25, -0.2) is 9.37 Å². The smallest absolute Gasteiger partial charge is 0.268 e. The molecule has 0 bridgehead atoms. The van der Waals surface area contributed by atoms with Crippen molar-refractivity contribution in [1.82, 2.24) is 9.38 Å². The van der Waals surface area contributed by atoms with Gasteiger partial charge in [-0.05, 0) is 23.8 Å². The topological polar surface area (TPSA) is 77.7 Å². The second-order valence-corrected chi connectivity index (χ2v) is 6.99. The van der Waals surface area contributed by atoms with Crippen LogP contribution in [0.3, 0.4) is 0 Å². The summed E-state index contributed by atoms with van der Waals surface area (Å²) in [6, 6.07) is 11.4. The fourth-order valence-electron chi connectivity index (χ4n) is 3.38. The maximum absolute atomic E-state index is 15.0. The summed E-state index contributed by atoms with van der Waals surface area (Å²) in [4.78, 5) is 38.5. The van der Waals surface area contributed by atoms with E-state index in [9.17, 15) is 14.4 Å². The van der Waals surface area contributed by atoms with Gasteiger partial charge < -0.3 is 4.74 Å². The van der Waals surface area contributed by atoms with Crippen LogP contribution in [0.5, 0.6) is 5.75 Å². The van der Waals surface area contributed by atoms with E-state index in [0.29, 0.717) is 34.9 Å². The summed E-state index contributed by atoms with van der Waals surface area (Å²) < 4.78 is 21.3. The summed E-state index contributed by atoms with van der Waals surface area (Å²) >= 11 is 6.64. The van der Waals surface area contributed by atoms with Crippen molar-refractivity contribution in [3.05, 3.63) is 87.2 Å². The molecule has 4 aromatic rings. The Morgan fingerprint density at radius 1 is 1.03 bits per heavy atom. The third kappa shape index (κ3) is 3.39. The standard InChI is InChI=1S/C23H14ClFN2O4/c1-31-22-14(11-28)5-6-18(21(22)25)17-4-2-3-16(20(17)24)13-7-8-27-19(9-13)26-10-15(12-29)23(27)30/h2-12H,1H3. The zero-order valence-corrected chi connectivity index (χ0v) is 16.9. The predicted molar refractivity (Wildman–Crippen MR) is 115 cm³/mol. The molecule has 154 valence electrons. The number of hydrogen-bond donors (Lipinski definition) is 0. The van der Waals surface area contributed by atoms with Gasteiger partial charge in [0.15, 0.2) is 24.1 Å². The quantitative estimate of drug-likeness (QED) is 0.432. The summed E-state index contributed by atoms with van der Waals surface area (Å²) in [5.74, 6) is -0.853. The van der Waals surface area contributed by atoms with Gasteiger partial charge >= 0.3 is 0 Å². The molecule has 0 atom stereocenters. The highest BCUT2D eigenvalue weighted by Crippen LogP contribution is 2.39. The molecule has 0 saturated carbocycles. The lowest BCUT2D eigenvalue weighted by Crippen LogP contribution is -2.18. The molecular weight excluding hydrogens is 423 g/mol. The molecule has 0 radical (unpaired) electrons. The Morgan fingerprint density at radius 3 is 2.48 bits per heavy atom. The average Bonchev–Trinajstić information content (AvgIpc) is 2.79. The molecule has 0 amide bonds. The normalized spacial score (nSPS) is 10.8. The van der Waals surface area contributed by atoms with E-state index < -0.39 is 11.4 Å². The van der Waals surface area contributed by atoms with Crippen LogP contribution in [0, 0.1) is 5.82 Å². The maximum Gasteiger partial charge on any atom is 0.268 e. The Kier molecular flexibility index (Phi) is 5.35. The number of carbonyl (C=O) groups excluding carboxylic acids is 2. The number of nitrogens with zero attached hydrogens (tertiary/aromatic N) is 2. The highest BCUT2D eigenvalue weighted by atomic mass is 35.5. The zero-order chi connectivity index (χ0) is 22.1. The third-order valence-electron chi connectivity index (χ3n) is 4.92. The summed E-state index contributed by atoms with van der Waals surface area (Å²) in [6.07, 6.45) is 3.68. The molecule has 0 aliphatic carbocycles. The van der Waals surface area contributed by atoms with Crippen LogP contribution in [0.15, 0.2) is 59.7 Å². The second kappa shape index (κ2) is 8.12. The van der Waals surface area contributed by atoms with Crippen molar-refractivity contribution in [2.24, 2.45) is 0 Å². The predicted octanol–water partition coefficient (Wildman–Crippen LogP) is 4.45. The molecule has 0 aliphatic rings. The number of benzene rings is 2. The second-order valence-electron chi connectivity index (χ2n) is 6.61. The van der Waals surface area contributed by atoms with E-state index >= 15 is 4.39 Å². The molecule has 4 rings (SSSR count). The van der Waals surface area contributed by atoms with Gasteiger partial charge in [0.25, 0.3) is 5.56 Å². The number of hydrogen-bond acceptors (Lipinski definition) is 5. The first-order chi connectivity index (χ1) is 15.0. The molecule has 0 saturated heterocycles. The van der Waals surface area contributed by atoms with Gasteiger partial charge in [0.05, 0.1) is 23.3 Å². The summed E-state index contributed by atoms with van der Waals surface area (Å²) in [6.45, 7) is 0.